The third kappa shape index (κ3) is 3.83. The summed E-state index contributed by atoms with van der Waals surface area (Å²) < 4.78 is 50.6. The first-order valence-corrected chi connectivity index (χ1v) is 14.2. The molecule has 44 heavy (non-hydrogen) atoms. The van der Waals surface area contributed by atoms with Gasteiger partial charge in [0.2, 0.25) is 0 Å². The van der Waals surface area contributed by atoms with E-state index in [1.54, 1.807) is 0 Å². The van der Waals surface area contributed by atoms with E-state index in [9.17, 15) is 0 Å². The van der Waals surface area contributed by atoms with Crippen LogP contribution in [0.25, 0.3) is 83.6 Å². The van der Waals surface area contributed by atoms with Gasteiger partial charge >= 0.3 is 0 Å². The Morgan fingerprint density at radius 3 is 1.84 bits per heavy atom. The predicted octanol–water partition coefficient (Wildman–Crippen LogP) is 9.87. The van der Waals surface area contributed by atoms with E-state index >= 15 is 0 Å². The zero-order valence-corrected chi connectivity index (χ0v) is 23.2. The molecule has 0 unspecified atom stereocenters. The second-order valence-corrected chi connectivity index (χ2v) is 10.5. The minimum atomic E-state index is -0.480. The highest BCUT2D eigenvalue weighted by Gasteiger charge is 2.18. The first-order valence-electron chi connectivity index (χ1n) is 16.7. The molecule has 206 valence electrons. The van der Waals surface area contributed by atoms with E-state index < -0.39 is 18.1 Å². The molecule has 6 aromatic carbocycles. The molecule has 0 radical (unpaired) electrons. The van der Waals surface area contributed by atoms with E-state index in [0.29, 0.717) is 22.5 Å². The number of para-hydroxylation sites is 3. The van der Waals surface area contributed by atoms with E-state index in [0.717, 1.165) is 43.8 Å². The van der Waals surface area contributed by atoms with Crippen LogP contribution < -0.4 is 0 Å². The molecule has 3 aromatic heterocycles. The van der Waals surface area contributed by atoms with Crippen molar-refractivity contribution >= 4 is 43.7 Å². The number of rotatable bonds is 4. The average Bonchev–Trinajstić information content (AvgIpc) is 3.69. The molecule has 0 fully saturated rings. The summed E-state index contributed by atoms with van der Waals surface area (Å²) in [5.74, 6) is 0.575. The smallest absolute Gasteiger partial charge is 0.164 e. The molecular weight excluding hydrogens is 540 g/mol. The lowest BCUT2D eigenvalue weighted by molar-refractivity contribution is 0.666. The van der Waals surface area contributed by atoms with Crippen LogP contribution in [0.3, 0.4) is 0 Å². The van der Waals surface area contributed by atoms with Gasteiger partial charge in [0.25, 0.3) is 0 Å². The quantitative estimate of drug-likeness (QED) is 0.212. The fourth-order valence-corrected chi connectivity index (χ4v) is 5.98. The van der Waals surface area contributed by atoms with E-state index in [4.69, 9.17) is 16.3 Å². The van der Waals surface area contributed by atoms with Gasteiger partial charge in [-0.1, -0.05) is 115 Å². The average molecular weight is 570 g/mol. The molecule has 5 nitrogen and oxygen atoms in total. The highest BCUT2D eigenvalue weighted by atomic mass is 16.3. The summed E-state index contributed by atoms with van der Waals surface area (Å²) in [4.78, 5) is 14.1. The first-order chi connectivity index (χ1) is 23.9. The van der Waals surface area contributed by atoms with Crippen LogP contribution in [-0.2, 0) is 0 Å². The summed E-state index contributed by atoms with van der Waals surface area (Å²) in [6.45, 7) is 0. The number of benzene rings is 6. The van der Waals surface area contributed by atoms with Crippen molar-refractivity contribution in [3.63, 3.8) is 0 Å². The van der Waals surface area contributed by atoms with Gasteiger partial charge in [0.05, 0.1) is 23.6 Å². The number of hydrogen-bond acceptors (Lipinski definition) is 4. The molecule has 0 aliphatic rings. The molecule has 0 amide bonds. The van der Waals surface area contributed by atoms with Crippen molar-refractivity contribution in [3.8, 4) is 39.9 Å². The lowest BCUT2D eigenvalue weighted by Gasteiger charge is -2.08. The van der Waals surface area contributed by atoms with Crippen molar-refractivity contribution in [1.29, 1.82) is 0 Å². The molecule has 9 rings (SSSR count). The summed E-state index contributed by atoms with van der Waals surface area (Å²) in [5.41, 5.74) is 5.68. The maximum Gasteiger partial charge on any atom is 0.164 e. The molecule has 0 saturated heterocycles. The molecule has 0 spiro atoms. The van der Waals surface area contributed by atoms with Crippen LogP contribution >= 0.6 is 0 Å². The molecule has 5 heteroatoms. The topological polar surface area (TPSA) is 56.7 Å². The van der Waals surface area contributed by atoms with Gasteiger partial charge in [0.15, 0.2) is 23.1 Å². The molecule has 0 aliphatic carbocycles. The summed E-state index contributed by atoms with van der Waals surface area (Å²) in [5, 5.41) is 4.20. The van der Waals surface area contributed by atoms with Crippen LogP contribution in [0.1, 0.15) is 6.85 Å². The Hall–Kier alpha value is -6.07. The highest BCUT2D eigenvalue weighted by Crippen LogP contribution is 2.39. The van der Waals surface area contributed by atoms with Crippen molar-refractivity contribution in [2.24, 2.45) is 0 Å². The number of aromatic nitrogens is 4. The van der Waals surface area contributed by atoms with Crippen molar-refractivity contribution in [2.75, 3.05) is 0 Å². The third-order valence-electron chi connectivity index (χ3n) is 7.95. The Morgan fingerprint density at radius 1 is 0.500 bits per heavy atom. The van der Waals surface area contributed by atoms with Crippen LogP contribution in [-0.4, -0.2) is 19.5 Å². The summed E-state index contributed by atoms with van der Waals surface area (Å²) >= 11 is 0. The summed E-state index contributed by atoms with van der Waals surface area (Å²) in [6, 6.07) is 35.7. The molecule has 9 aromatic rings. The minimum absolute atomic E-state index is 0.0146. The van der Waals surface area contributed by atoms with Crippen LogP contribution in [0.2, 0.25) is 0 Å². The Kier molecular flexibility index (Phi) is 4.42. The number of furan rings is 1. The zero-order valence-electron chi connectivity index (χ0n) is 28.2. The maximum atomic E-state index is 8.58. The van der Waals surface area contributed by atoms with Gasteiger partial charge < -0.3 is 8.98 Å². The van der Waals surface area contributed by atoms with Gasteiger partial charge in [-0.2, -0.15) is 0 Å². The van der Waals surface area contributed by atoms with Crippen molar-refractivity contribution in [3.05, 3.63) is 145 Å². The van der Waals surface area contributed by atoms with Crippen LogP contribution in [0, 0.1) is 0 Å². The van der Waals surface area contributed by atoms with E-state index in [-0.39, 0.29) is 29.3 Å². The van der Waals surface area contributed by atoms with Crippen molar-refractivity contribution < 1.29 is 11.3 Å². The van der Waals surface area contributed by atoms with Gasteiger partial charge in [0.1, 0.15) is 5.58 Å². The fraction of sp³-hybridized carbons (Fsp3) is 0. The van der Waals surface area contributed by atoms with Gasteiger partial charge in [-0.15, -0.1) is 0 Å². The third-order valence-corrected chi connectivity index (χ3v) is 7.95. The SMILES string of the molecule is [2H]c1c([2H])c([2H])c(-c2nc(-c3ccccc3)nc(-c3ccc4c(c3)oc3c(-n5c6ccccc6c6ccccc65)cccc34)n2)c([2H])c1[2H]. The largest absolute Gasteiger partial charge is 0.454 e. The fourth-order valence-electron chi connectivity index (χ4n) is 5.98. The van der Waals surface area contributed by atoms with Crippen LogP contribution in [0.15, 0.2) is 150 Å². The van der Waals surface area contributed by atoms with Gasteiger partial charge in [-0.3, -0.25) is 0 Å². The monoisotopic (exact) mass is 569 g/mol. The molecule has 0 aliphatic heterocycles. The van der Waals surface area contributed by atoms with E-state index in [2.05, 4.69) is 57.0 Å². The van der Waals surface area contributed by atoms with Gasteiger partial charge in [0, 0.05) is 38.2 Å². The Bertz CT molecular complexity index is 2710. The Morgan fingerprint density at radius 2 is 1.11 bits per heavy atom. The Labute approximate surface area is 259 Å². The van der Waals surface area contributed by atoms with Gasteiger partial charge in [-0.25, -0.2) is 15.0 Å². The van der Waals surface area contributed by atoms with Crippen LogP contribution in [0.4, 0.5) is 0 Å². The van der Waals surface area contributed by atoms with E-state index in [1.165, 1.54) is 0 Å². The lowest BCUT2D eigenvalue weighted by atomic mass is 10.1. The zero-order chi connectivity index (χ0) is 33.4. The Balaban J connectivity index is 1.26. The second kappa shape index (κ2) is 9.75. The normalized spacial score (nSPS) is 13.2. The molecule has 0 saturated carbocycles. The molecule has 3 heterocycles. The molecular formula is C39H24N4O. The highest BCUT2D eigenvalue weighted by molar-refractivity contribution is 6.12. The molecule has 0 bridgehead atoms. The number of nitrogens with zero attached hydrogens (tertiary/aromatic N) is 4. The minimum Gasteiger partial charge on any atom is -0.454 e. The number of hydrogen-bond donors (Lipinski definition) is 0. The molecule has 0 atom stereocenters. The van der Waals surface area contributed by atoms with Crippen molar-refractivity contribution in [1.82, 2.24) is 19.5 Å². The summed E-state index contributed by atoms with van der Waals surface area (Å²) in [7, 11) is 0. The van der Waals surface area contributed by atoms with Crippen LogP contribution in [0.5, 0.6) is 0 Å². The standard InChI is InChI=1S/C39H24N4O/c1-3-12-25(13-4-1)37-40-38(26-14-5-2-6-15-26)42-39(41-37)27-22-23-30-31-18-11-21-34(36(31)44-35(30)24-27)43-32-19-9-7-16-28(32)29-17-8-10-20-33(29)43/h1-24H/i1D,3D,4D,12D,13D. The predicted molar refractivity (Wildman–Crippen MR) is 178 cm³/mol. The van der Waals surface area contributed by atoms with E-state index in [1.807, 2.05) is 72.8 Å². The molecule has 0 N–H and O–H groups in total. The lowest BCUT2D eigenvalue weighted by Crippen LogP contribution is -2.00. The second-order valence-electron chi connectivity index (χ2n) is 10.5. The summed E-state index contributed by atoms with van der Waals surface area (Å²) in [6.07, 6.45) is 0. The maximum absolute atomic E-state index is 8.58. The van der Waals surface area contributed by atoms with Crippen molar-refractivity contribution in [2.45, 2.75) is 0 Å². The first kappa shape index (κ1) is 19.9. The number of fused-ring (bicyclic) bond motifs is 6. The van der Waals surface area contributed by atoms with Gasteiger partial charge in [-0.05, 0) is 30.3 Å².